The summed E-state index contributed by atoms with van der Waals surface area (Å²) in [6, 6.07) is 15.0. The molecular formula is C22H19F3N4O. The number of alkyl halides is 3. The van der Waals surface area contributed by atoms with E-state index in [2.05, 4.69) is 20.4 Å². The topological polar surface area (TPSA) is 58.1 Å². The summed E-state index contributed by atoms with van der Waals surface area (Å²) in [4.78, 5) is 14.5. The van der Waals surface area contributed by atoms with Crippen molar-refractivity contribution in [3.05, 3.63) is 71.8 Å². The Balaban J connectivity index is 1.41. The Morgan fingerprint density at radius 2 is 1.53 bits per heavy atom. The number of hydrogen-bond donors (Lipinski definition) is 1. The van der Waals surface area contributed by atoms with Crippen molar-refractivity contribution in [2.75, 3.05) is 23.3 Å². The highest BCUT2D eigenvalue weighted by Crippen LogP contribution is 2.29. The third-order valence-electron chi connectivity index (χ3n) is 4.99. The summed E-state index contributed by atoms with van der Waals surface area (Å²) >= 11 is 0. The number of hydrogen-bond acceptors (Lipinski definition) is 4. The number of carbonyl (C=O) groups is 1. The van der Waals surface area contributed by atoms with E-state index in [-0.39, 0.29) is 5.56 Å². The molecule has 2 aromatic carbocycles. The average molecular weight is 412 g/mol. The molecule has 1 aromatic heterocycles. The first-order valence-electron chi connectivity index (χ1n) is 9.58. The van der Waals surface area contributed by atoms with Crippen LogP contribution in [0.1, 0.15) is 28.8 Å². The zero-order chi connectivity index (χ0) is 21.1. The molecule has 0 atom stereocenters. The molecule has 154 valence electrons. The molecule has 1 N–H and O–H groups in total. The maximum atomic E-state index is 12.6. The van der Waals surface area contributed by atoms with Gasteiger partial charge in [0.25, 0.3) is 5.91 Å². The molecule has 1 saturated heterocycles. The first-order chi connectivity index (χ1) is 14.4. The van der Waals surface area contributed by atoms with Crippen LogP contribution in [0.15, 0.2) is 60.7 Å². The van der Waals surface area contributed by atoms with E-state index in [0.29, 0.717) is 5.69 Å². The monoisotopic (exact) mass is 412 g/mol. The van der Waals surface area contributed by atoms with Crippen LogP contribution in [-0.2, 0) is 6.18 Å². The summed E-state index contributed by atoms with van der Waals surface area (Å²) in [5, 5.41) is 11.3. The van der Waals surface area contributed by atoms with Gasteiger partial charge in [0, 0.05) is 29.9 Å². The Morgan fingerprint density at radius 1 is 0.867 bits per heavy atom. The predicted molar refractivity (Wildman–Crippen MR) is 108 cm³/mol. The van der Waals surface area contributed by atoms with Crippen molar-refractivity contribution in [2.45, 2.75) is 19.0 Å². The van der Waals surface area contributed by atoms with Gasteiger partial charge in [0.2, 0.25) is 0 Å². The zero-order valence-electron chi connectivity index (χ0n) is 16.0. The largest absolute Gasteiger partial charge is 0.416 e. The Hall–Kier alpha value is -3.42. The molecule has 8 heteroatoms. The van der Waals surface area contributed by atoms with Gasteiger partial charge in [-0.25, -0.2) is 0 Å². The molecule has 1 aliphatic heterocycles. The first kappa shape index (κ1) is 19.9. The number of anilines is 2. The summed E-state index contributed by atoms with van der Waals surface area (Å²) < 4.78 is 37.9. The molecule has 30 heavy (non-hydrogen) atoms. The molecule has 0 spiro atoms. The molecule has 1 fully saturated rings. The molecule has 0 saturated carbocycles. The third kappa shape index (κ3) is 4.42. The van der Waals surface area contributed by atoms with Gasteiger partial charge in [0.05, 0.1) is 11.3 Å². The van der Waals surface area contributed by atoms with Gasteiger partial charge in [-0.05, 0) is 61.4 Å². The molecule has 2 heterocycles. The lowest BCUT2D eigenvalue weighted by Crippen LogP contribution is -2.19. The van der Waals surface area contributed by atoms with Gasteiger partial charge < -0.3 is 10.2 Å². The molecule has 3 aromatic rings. The van der Waals surface area contributed by atoms with Crippen LogP contribution in [-0.4, -0.2) is 29.2 Å². The minimum atomic E-state index is -4.43. The molecule has 1 amide bonds. The fourth-order valence-corrected chi connectivity index (χ4v) is 3.33. The van der Waals surface area contributed by atoms with Gasteiger partial charge in [0.1, 0.15) is 0 Å². The maximum Gasteiger partial charge on any atom is 0.416 e. The third-order valence-corrected chi connectivity index (χ3v) is 4.99. The van der Waals surface area contributed by atoms with Crippen molar-refractivity contribution in [2.24, 2.45) is 0 Å². The number of nitrogens with zero attached hydrogens (tertiary/aromatic N) is 3. The SMILES string of the molecule is O=C(Nc1ccc(-c2ccc(N3CCCC3)nn2)cc1)c1ccc(C(F)(F)F)cc1. The second-order valence-electron chi connectivity index (χ2n) is 7.08. The molecular weight excluding hydrogens is 393 g/mol. The summed E-state index contributed by atoms with van der Waals surface area (Å²) in [6.45, 7) is 2.00. The van der Waals surface area contributed by atoms with Crippen LogP contribution in [0.2, 0.25) is 0 Å². The second kappa shape index (κ2) is 8.14. The smallest absolute Gasteiger partial charge is 0.355 e. The second-order valence-corrected chi connectivity index (χ2v) is 7.08. The van der Waals surface area contributed by atoms with Gasteiger partial charge in [-0.3, -0.25) is 4.79 Å². The Kier molecular flexibility index (Phi) is 5.39. The summed E-state index contributed by atoms with van der Waals surface area (Å²) in [5.74, 6) is 0.392. The molecule has 0 unspecified atom stereocenters. The number of benzene rings is 2. The van der Waals surface area contributed by atoms with Crippen LogP contribution in [0.3, 0.4) is 0 Å². The van der Waals surface area contributed by atoms with Crippen molar-refractivity contribution < 1.29 is 18.0 Å². The normalized spacial score (nSPS) is 14.0. The van der Waals surface area contributed by atoms with Crippen molar-refractivity contribution in [3.8, 4) is 11.3 Å². The highest BCUT2D eigenvalue weighted by atomic mass is 19.4. The minimum Gasteiger partial charge on any atom is -0.355 e. The molecule has 5 nitrogen and oxygen atoms in total. The fourth-order valence-electron chi connectivity index (χ4n) is 3.33. The predicted octanol–water partition coefficient (Wildman–Crippen LogP) is 5.01. The van der Waals surface area contributed by atoms with Gasteiger partial charge >= 0.3 is 6.18 Å². The molecule has 4 rings (SSSR count). The van der Waals surface area contributed by atoms with Crippen molar-refractivity contribution in [1.29, 1.82) is 0 Å². The van der Waals surface area contributed by atoms with E-state index in [9.17, 15) is 18.0 Å². The number of carbonyl (C=O) groups excluding carboxylic acids is 1. The van der Waals surface area contributed by atoms with Crippen LogP contribution in [0.25, 0.3) is 11.3 Å². The number of amides is 1. The van der Waals surface area contributed by atoms with Gasteiger partial charge in [-0.2, -0.15) is 13.2 Å². The quantitative estimate of drug-likeness (QED) is 0.654. The van der Waals surface area contributed by atoms with E-state index in [1.165, 1.54) is 12.8 Å². The summed E-state index contributed by atoms with van der Waals surface area (Å²) in [5.41, 5.74) is 1.46. The number of nitrogens with one attached hydrogen (secondary N) is 1. The van der Waals surface area contributed by atoms with E-state index >= 15 is 0 Å². The highest BCUT2D eigenvalue weighted by molar-refractivity contribution is 6.04. The Bertz CT molecular complexity index is 1010. The maximum absolute atomic E-state index is 12.6. The van der Waals surface area contributed by atoms with E-state index in [1.54, 1.807) is 12.1 Å². The van der Waals surface area contributed by atoms with Crippen LogP contribution in [0, 0.1) is 0 Å². The Labute approximate surface area is 171 Å². The zero-order valence-corrected chi connectivity index (χ0v) is 16.0. The lowest BCUT2D eigenvalue weighted by molar-refractivity contribution is -0.137. The number of halogens is 3. The van der Waals surface area contributed by atoms with E-state index < -0.39 is 17.6 Å². The summed E-state index contributed by atoms with van der Waals surface area (Å²) in [6.07, 6.45) is -2.09. The van der Waals surface area contributed by atoms with E-state index in [0.717, 1.165) is 54.4 Å². The van der Waals surface area contributed by atoms with Crippen LogP contribution >= 0.6 is 0 Å². The molecule has 0 bridgehead atoms. The Morgan fingerprint density at radius 3 is 2.10 bits per heavy atom. The van der Waals surface area contributed by atoms with E-state index in [4.69, 9.17) is 0 Å². The standard InChI is InChI=1S/C22H19F3N4O/c23-22(24,25)17-7-3-16(4-8-17)21(30)26-18-9-5-15(6-10-18)19-11-12-20(28-27-19)29-13-1-2-14-29/h3-12H,1-2,13-14H2,(H,26,30). The molecule has 0 radical (unpaired) electrons. The van der Waals surface area contributed by atoms with Crippen LogP contribution < -0.4 is 10.2 Å². The van der Waals surface area contributed by atoms with Crippen molar-refractivity contribution in [3.63, 3.8) is 0 Å². The van der Waals surface area contributed by atoms with Gasteiger partial charge in [-0.15, -0.1) is 10.2 Å². The fraction of sp³-hybridized carbons (Fsp3) is 0.227. The average Bonchev–Trinajstić information content (AvgIpc) is 3.29. The molecule has 1 aliphatic rings. The van der Waals surface area contributed by atoms with Gasteiger partial charge in [-0.1, -0.05) is 12.1 Å². The lowest BCUT2D eigenvalue weighted by atomic mass is 10.1. The van der Waals surface area contributed by atoms with Crippen molar-refractivity contribution in [1.82, 2.24) is 10.2 Å². The lowest BCUT2D eigenvalue weighted by Gasteiger charge is -2.15. The van der Waals surface area contributed by atoms with Crippen molar-refractivity contribution >= 4 is 17.4 Å². The number of rotatable bonds is 4. The van der Waals surface area contributed by atoms with E-state index in [1.807, 2.05) is 24.3 Å². The van der Waals surface area contributed by atoms with Crippen LogP contribution in [0.5, 0.6) is 0 Å². The highest BCUT2D eigenvalue weighted by Gasteiger charge is 2.30. The molecule has 0 aliphatic carbocycles. The van der Waals surface area contributed by atoms with Gasteiger partial charge in [0.15, 0.2) is 5.82 Å². The number of aromatic nitrogens is 2. The first-order valence-corrected chi connectivity index (χ1v) is 9.58. The van der Waals surface area contributed by atoms with Crippen LogP contribution in [0.4, 0.5) is 24.7 Å². The summed E-state index contributed by atoms with van der Waals surface area (Å²) in [7, 11) is 0. The minimum absolute atomic E-state index is 0.149.